The van der Waals surface area contributed by atoms with Crippen LogP contribution in [0.5, 0.6) is 0 Å². The lowest BCUT2D eigenvalue weighted by atomic mass is 9.98. The minimum absolute atomic E-state index is 0.542. The lowest BCUT2D eigenvalue weighted by Gasteiger charge is -2.06. The number of alkyl halides is 1. The Labute approximate surface area is 88.5 Å². The lowest BCUT2D eigenvalue weighted by molar-refractivity contribution is 0.863. The van der Waals surface area contributed by atoms with Gasteiger partial charge in [-0.3, -0.25) is 0 Å². The zero-order chi connectivity index (χ0) is 9.68. The number of hydrogen-bond donors (Lipinski definition) is 0. The van der Waals surface area contributed by atoms with Gasteiger partial charge in [0.15, 0.2) is 0 Å². The van der Waals surface area contributed by atoms with Gasteiger partial charge in [-0.25, -0.2) is 0 Å². The van der Waals surface area contributed by atoms with E-state index in [1.54, 1.807) is 0 Å². The van der Waals surface area contributed by atoms with Crippen molar-refractivity contribution in [2.24, 2.45) is 0 Å². The van der Waals surface area contributed by atoms with Gasteiger partial charge < -0.3 is 0 Å². The van der Waals surface area contributed by atoms with Crippen molar-refractivity contribution >= 4 is 15.9 Å². The summed E-state index contributed by atoms with van der Waals surface area (Å²) in [6.07, 6.45) is 0. The van der Waals surface area contributed by atoms with E-state index in [4.69, 9.17) is 0 Å². The van der Waals surface area contributed by atoms with Gasteiger partial charge >= 0.3 is 0 Å². The Bertz CT molecular complexity index is 328. The highest BCUT2D eigenvalue weighted by molar-refractivity contribution is 9.09. The molecule has 1 rings (SSSR count). The summed E-state index contributed by atoms with van der Waals surface area (Å²) >= 11 is 3.29. The van der Waals surface area contributed by atoms with Crippen LogP contribution in [0, 0.1) is 11.8 Å². The van der Waals surface area contributed by atoms with Crippen LogP contribution in [0.2, 0.25) is 0 Å². The molecule has 13 heavy (non-hydrogen) atoms. The molecule has 0 amide bonds. The molecule has 0 aromatic heterocycles. The predicted molar refractivity (Wildman–Crippen MR) is 61.2 cm³/mol. The molecule has 0 fully saturated rings. The Balaban J connectivity index is 3.05. The van der Waals surface area contributed by atoms with E-state index in [1.165, 1.54) is 5.56 Å². The summed E-state index contributed by atoms with van der Waals surface area (Å²) in [4.78, 5) is 0. The highest BCUT2D eigenvalue weighted by atomic mass is 79.9. The van der Waals surface area contributed by atoms with Gasteiger partial charge in [-0.1, -0.05) is 59.8 Å². The molecule has 0 aliphatic carbocycles. The summed E-state index contributed by atoms with van der Waals surface area (Å²) in [5.74, 6) is 6.72. The predicted octanol–water partition coefficient (Wildman–Crippen LogP) is 3.56. The summed E-state index contributed by atoms with van der Waals surface area (Å²) < 4.78 is 0. The van der Waals surface area contributed by atoms with Crippen LogP contribution in [-0.2, 0) is 0 Å². The molecular formula is C12H13Br. The minimum atomic E-state index is 0.542. The van der Waals surface area contributed by atoms with E-state index >= 15 is 0 Å². The first-order chi connectivity index (χ1) is 6.25. The quantitative estimate of drug-likeness (QED) is 0.517. The van der Waals surface area contributed by atoms with Gasteiger partial charge in [0.25, 0.3) is 0 Å². The summed E-state index contributed by atoms with van der Waals surface area (Å²) in [5, 5.41) is 0.736. The fraction of sp³-hybridized carbons (Fsp3) is 0.333. The topological polar surface area (TPSA) is 0 Å². The molecule has 0 saturated heterocycles. The van der Waals surface area contributed by atoms with Gasteiger partial charge in [0.05, 0.1) is 5.33 Å². The molecule has 0 unspecified atom stereocenters. The van der Waals surface area contributed by atoms with Crippen molar-refractivity contribution in [2.75, 3.05) is 5.33 Å². The second-order valence-electron chi connectivity index (χ2n) is 3.18. The van der Waals surface area contributed by atoms with Gasteiger partial charge in [0, 0.05) is 5.56 Å². The fourth-order valence-electron chi connectivity index (χ4n) is 1.24. The van der Waals surface area contributed by atoms with Crippen LogP contribution in [0.25, 0.3) is 0 Å². The van der Waals surface area contributed by atoms with Gasteiger partial charge in [0.2, 0.25) is 0 Å². The Morgan fingerprint density at radius 1 is 1.31 bits per heavy atom. The molecule has 0 saturated carbocycles. The van der Waals surface area contributed by atoms with Crippen molar-refractivity contribution in [3.63, 3.8) is 0 Å². The average molecular weight is 237 g/mol. The molecule has 1 aromatic carbocycles. The first-order valence-corrected chi connectivity index (χ1v) is 5.51. The van der Waals surface area contributed by atoms with Crippen molar-refractivity contribution in [1.29, 1.82) is 0 Å². The Hall–Kier alpha value is -0.740. The SMILES string of the molecule is CC(C)c1ccccc1C#CCBr. The van der Waals surface area contributed by atoms with Crippen LogP contribution in [0.3, 0.4) is 0 Å². The molecule has 68 valence electrons. The summed E-state index contributed by atoms with van der Waals surface area (Å²) in [5.41, 5.74) is 2.48. The molecule has 0 nitrogen and oxygen atoms in total. The smallest absolute Gasteiger partial charge is 0.0649 e. The molecule has 0 atom stereocenters. The largest absolute Gasteiger partial charge is 0.0863 e. The van der Waals surface area contributed by atoms with Gasteiger partial charge in [0.1, 0.15) is 0 Å². The van der Waals surface area contributed by atoms with Gasteiger partial charge in [-0.15, -0.1) is 0 Å². The summed E-state index contributed by atoms with van der Waals surface area (Å²) in [7, 11) is 0. The number of rotatable bonds is 1. The van der Waals surface area contributed by atoms with Crippen molar-refractivity contribution in [3.8, 4) is 11.8 Å². The maximum Gasteiger partial charge on any atom is 0.0649 e. The summed E-state index contributed by atoms with van der Waals surface area (Å²) in [6.45, 7) is 4.38. The van der Waals surface area contributed by atoms with Crippen molar-refractivity contribution < 1.29 is 0 Å². The number of benzene rings is 1. The third-order valence-corrected chi connectivity index (χ3v) is 2.15. The highest BCUT2D eigenvalue weighted by Crippen LogP contribution is 2.17. The first kappa shape index (κ1) is 10.3. The maximum absolute atomic E-state index is 3.29. The zero-order valence-electron chi connectivity index (χ0n) is 7.97. The fourth-order valence-corrected chi connectivity index (χ4v) is 1.38. The van der Waals surface area contributed by atoms with E-state index in [0.29, 0.717) is 5.92 Å². The molecule has 1 heteroatoms. The first-order valence-electron chi connectivity index (χ1n) is 4.39. The van der Waals surface area contributed by atoms with E-state index in [9.17, 15) is 0 Å². The second kappa shape index (κ2) is 5.09. The molecule has 0 bridgehead atoms. The molecule has 0 spiro atoms. The van der Waals surface area contributed by atoms with Gasteiger partial charge in [-0.2, -0.15) is 0 Å². The van der Waals surface area contributed by atoms with Gasteiger partial charge in [-0.05, 0) is 17.5 Å². The van der Waals surface area contributed by atoms with E-state index in [0.717, 1.165) is 10.9 Å². The molecular weight excluding hydrogens is 224 g/mol. The summed E-state index contributed by atoms with van der Waals surface area (Å²) in [6, 6.07) is 8.31. The lowest BCUT2D eigenvalue weighted by Crippen LogP contribution is -1.91. The van der Waals surface area contributed by atoms with Crippen LogP contribution < -0.4 is 0 Å². The normalized spacial score (nSPS) is 9.54. The molecule has 0 aliphatic heterocycles. The number of hydrogen-bond acceptors (Lipinski definition) is 0. The molecule has 0 aliphatic rings. The van der Waals surface area contributed by atoms with Crippen molar-refractivity contribution in [3.05, 3.63) is 35.4 Å². The zero-order valence-corrected chi connectivity index (χ0v) is 9.56. The maximum atomic E-state index is 3.29. The third-order valence-electron chi connectivity index (χ3n) is 1.87. The average Bonchev–Trinajstić information content (AvgIpc) is 2.15. The van der Waals surface area contributed by atoms with Crippen LogP contribution in [0.15, 0.2) is 24.3 Å². The molecule has 0 N–H and O–H groups in total. The third kappa shape index (κ3) is 2.90. The second-order valence-corrected chi connectivity index (χ2v) is 3.74. The van der Waals surface area contributed by atoms with E-state index in [1.807, 2.05) is 6.07 Å². The Morgan fingerprint density at radius 2 is 2.00 bits per heavy atom. The van der Waals surface area contributed by atoms with Crippen LogP contribution in [-0.4, -0.2) is 5.33 Å². The van der Waals surface area contributed by atoms with Crippen molar-refractivity contribution in [2.45, 2.75) is 19.8 Å². The molecule has 1 aromatic rings. The Morgan fingerprint density at radius 3 is 2.62 bits per heavy atom. The van der Waals surface area contributed by atoms with Crippen LogP contribution in [0.1, 0.15) is 30.9 Å². The van der Waals surface area contributed by atoms with E-state index < -0.39 is 0 Å². The standard InChI is InChI=1S/C12H13Br/c1-10(2)12-8-4-3-6-11(12)7-5-9-13/h3-4,6,8,10H,9H2,1-2H3. The minimum Gasteiger partial charge on any atom is -0.0863 e. The van der Waals surface area contributed by atoms with E-state index in [2.05, 4.69) is 59.8 Å². The monoisotopic (exact) mass is 236 g/mol. The van der Waals surface area contributed by atoms with Crippen molar-refractivity contribution in [1.82, 2.24) is 0 Å². The molecule has 0 heterocycles. The Kier molecular flexibility index (Phi) is 4.05. The van der Waals surface area contributed by atoms with Crippen LogP contribution in [0.4, 0.5) is 0 Å². The highest BCUT2D eigenvalue weighted by Gasteiger charge is 2.02. The number of halogens is 1. The molecule has 0 radical (unpaired) electrons. The van der Waals surface area contributed by atoms with Crippen LogP contribution >= 0.6 is 15.9 Å². The van der Waals surface area contributed by atoms with E-state index in [-0.39, 0.29) is 0 Å².